The van der Waals surface area contributed by atoms with Crippen molar-refractivity contribution in [2.45, 2.75) is 6.42 Å². The lowest BCUT2D eigenvalue weighted by molar-refractivity contribution is -0.140. The van der Waals surface area contributed by atoms with Gasteiger partial charge >= 0.3 is 11.9 Å². The largest absolute Gasteiger partial charge is 0.482 e. The van der Waals surface area contributed by atoms with Crippen molar-refractivity contribution in [3.05, 3.63) is 29.8 Å². The molecule has 1 N–H and O–H groups in total. The smallest absolute Gasteiger partial charge is 0.341 e. The summed E-state index contributed by atoms with van der Waals surface area (Å²) in [7, 11) is 1.33. The maximum Gasteiger partial charge on any atom is 0.341 e. The van der Waals surface area contributed by atoms with Crippen LogP contribution in [0.3, 0.4) is 0 Å². The summed E-state index contributed by atoms with van der Waals surface area (Å²) < 4.78 is 9.45. The third-order valence-electron chi connectivity index (χ3n) is 1.86. The Hall–Kier alpha value is -2.04. The van der Waals surface area contributed by atoms with Gasteiger partial charge in [0.1, 0.15) is 5.75 Å². The first-order valence-corrected chi connectivity index (χ1v) is 4.62. The van der Waals surface area contributed by atoms with E-state index in [4.69, 9.17) is 9.84 Å². The minimum Gasteiger partial charge on any atom is -0.482 e. The van der Waals surface area contributed by atoms with E-state index in [-0.39, 0.29) is 19.0 Å². The van der Waals surface area contributed by atoms with Crippen molar-refractivity contribution in [2.75, 3.05) is 13.7 Å². The molecule has 0 saturated heterocycles. The number of esters is 1. The molecule has 0 amide bonds. The van der Waals surface area contributed by atoms with Crippen molar-refractivity contribution in [1.82, 2.24) is 0 Å². The van der Waals surface area contributed by atoms with Crippen LogP contribution in [-0.2, 0) is 20.7 Å². The summed E-state index contributed by atoms with van der Waals surface area (Å²) in [6.07, 6.45) is 0.190. The number of carboxylic acid groups (broad SMARTS) is 1. The molecule has 0 bridgehead atoms. The SMILES string of the molecule is COC(=O)Cc1ccc(OCC(=O)O)cc1. The van der Waals surface area contributed by atoms with E-state index in [1.165, 1.54) is 7.11 Å². The minimum atomic E-state index is -1.03. The number of benzene rings is 1. The molecule has 0 aliphatic rings. The standard InChI is InChI=1S/C11H12O5/c1-15-11(14)6-8-2-4-9(5-3-8)16-7-10(12)13/h2-5H,6-7H2,1H3,(H,12,13). The van der Waals surface area contributed by atoms with Crippen molar-refractivity contribution < 1.29 is 24.2 Å². The molecular formula is C11H12O5. The molecule has 0 aliphatic heterocycles. The van der Waals surface area contributed by atoms with Crippen molar-refractivity contribution in [3.63, 3.8) is 0 Å². The van der Waals surface area contributed by atoms with Gasteiger partial charge in [-0.2, -0.15) is 0 Å². The molecule has 0 radical (unpaired) electrons. The predicted octanol–water partition coefficient (Wildman–Crippen LogP) is 0.865. The van der Waals surface area contributed by atoms with Crippen LogP contribution < -0.4 is 4.74 Å². The van der Waals surface area contributed by atoms with Crippen LogP contribution in [-0.4, -0.2) is 30.8 Å². The Morgan fingerprint density at radius 1 is 1.25 bits per heavy atom. The Kier molecular flexibility index (Phi) is 4.32. The molecule has 0 heterocycles. The Bertz CT molecular complexity index is 368. The van der Waals surface area contributed by atoms with Crippen molar-refractivity contribution in [1.29, 1.82) is 0 Å². The van der Waals surface area contributed by atoms with E-state index in [9.17, 15) is 9.59 Å². The second-order valence-electron chi connectivity index (χ2n) is 3.08. The summed E-state index contributed by atoms with van der Waals surface area (Å²) in [6.45, 7) is -0.379. The summed E-state index contributed by atoms with van der Waals surface area (Å²) in [5.74, 6) is -0.895. The number of carbonyl (C=O) groups is 2. The predicted molar refractivity (Wildman–Crippen MR) is 55.3 cm³/mol. The fraction of sp³-hybridized carbons (Fsp3) is 0.273. The zero-order valence-electron chi connectivity index (χ0n) is 8.80. The molecule has 86 valence electrons. The zero-order valence-corrected chi connectivity index (χ0v) is 8.80. The van der Waals surface area contributed by atoms with E-state index < -0.39 is 5.97 Å². The fourth-order valence-electron chi connectivity index (χ4n) is 1.09. The number of rotatable bonds is 5. The topological polar surface area (TPSA) is 72.8 Å². The summed E-state index contributed by atoms with van der Waals surface area (Å²) in [5, 5.41) is 8.39. The third kappa shape index (κ3) is 4.00. The fourth-order valence-corrected chi connectivity index (χ4v) is 1.09. The van der Waals surface area contributed by atoms with Gasteiger partial charge in [-0.25, -0.2) is 4.79 Å². The van der Waals surface area contributed by atoms with Crippen LogP contribution in [0.25, 0.3) is 0 Å². The van der Waals surface area contributed by atoms with Gasteiger partial charge in [-0.3, -0.25) is 4.79 Å². The summed E-state index contributed by atoms with van der Waals surface area (Å²) in [4.78, 5) is 21.2. The molecule has 0 spiro atoms. The van der Waals surface area contributed by atoms with Crippen LogP contribution in [0.4, 0.5) is 0 Å². The quantitative estimate of drug-likeness (QED) is 0.751. The number of carboxylic acids is 1. The van der Waals surface area contributed by atoms with Gasteiger partial charge in [0, 0.05) is 0 Å². The second kappa shape index (κ2) is 5.75. The molecule has 0 fully saturated rings. The number of hydrogen-bond acceptors (Lipinski definition) is 4. The van der Waals surface area contributed by atoms with Gasteiger partial charge in [0.25, 0.3) is 0 Å². The molecule has 0 aliphatic carbocycles. The average Bonchev–Trinajstić information content (AvgIpc) is 2.28. The van der Waals surface area contributed by atoms with E-state index in [1.807, 2.05) is 0 Å². The second-order valence-corrected chi connectivity index (χ2v) is 3.08. The first-order valence-electron chi connectivity index (χ1n) is 4.62. The van der Waals surface area contributed by atoms with Crippen molar-refractivity contribution >= 4 is 11.9 Å². The highest BCUT2D eigenvalue weighted by atomic mass is 16.5. The Morgan fingerprint density at radius 2 is 1.88 bits per heavy atom. The number of carbonyl (C=O) groups excluding carboxylic acids is 1. The van der Waals surface area contributed by atoms with Crippen molar-refractivity contribution in [2.24, 2.45) is 0 Å². The molecule has 5 heteroatoms. The minimum absolute atomic E-state index is 0.190. The highest BCUT2D eigenvalue weighted by Gasteiger charge is 2.03. The first-order chi connectivity index (χ1) is 7.61. The summed E-state index contributed by atoms with van der Waals surface area (Å²) in [6, 6.07) is 6.60. The van der Waals surface area contributed by atoms with E-state index in [0.29, 0.717) is 5.75 Å². The Labute approximate surface area is 92.6 Å². The normalized spacial score (nSPS) is 9.56. The highest BCUT2D eigenvalue weighted by molar-refractivity contribution is 5.72. The number of methoxy groups -OCH3 is 1. The van der Waals surface area contributed by atoms with E-state index in [0.717, 1.165) is 5.56 Å². The number of aliphatic carboxylic acids is 1. The lowest BCUT2D eigenvalue weighted by Crippen LogP contribution is -2.09. The molecule has 1 aromatic carbocycles. The molecule has 1 aromatic rings. The molecule has 16 heavy (non-hydrogen) atoms. The zero-order chi connectivity index (χ0) is 12.0. The van der Waals surface area contributed by atoms with E-state index in [1.54, 1.807) is 24.3 Å². The van der Waals surface area contributed by atoms with Gasteiger partial charge in [-0.15, -0.1) is 0 Å². The van der Waals surface area contributed by atoms with Crippen LogP contribution in [0.2, 0.25) is 0 Å². The summed E-state index contributed by atoms with van der Waals surface area (Å²) in [5.41, 5.74) is 0.787. The van der Waals surface area contributed by atoms with E-state index in [2.05, 4.69) is 4.74 Å². The third-order valence-corrected chi connectivity index (χ3v) is 1.86. The first kappa shape index (κ1) is 12.0. The average molecular weight is 224 g/mol. The lowest BCUT2D eigenvalue weighted by Gasteiger charge is -2.04. The number of ether oxygens (including phenoxy) is 2. The van der Waals surface area contributed by atoms with E-state index >= 15 is 0 Å². The van der Waals surface area contributed by atoms with Crippen molar-refractivity contribution in [3.8, 4) is 5.75 Å². The summed E-state index contributed by atoms with van der Waals surface area (Å²) >= 11 is 0. The maximum absolute atomic E-state index is 10.9. The van der Waals surface area contributed by atoms with Crippen LogP contribution in [0.1, 0.15) is 5.56 Å². The molecule has 5 nitrogen and oxygen atoms in total. The van der Waals surface area contributed by atoms with Gasteiger partial charge in [0.05, 0.1) is 13.5 Å². The van der Waals surface area contributed by atoms with Gasteiger partial charge in [0.2, 0.25) is 0 Å². The lowest BCUT2D eigenvalue weighted by atomic mass is 10.1. The molecular weight excluding hydrogens is 212 g/mol. The van der Waals surface area contributed by atoms with Gasteiger partial charge in [-0.05, 0) is 17.7 Å². The Morgan fingerprint density at radius 3 is 2.38 bits per heavy atom. The van der Waals surface area contributed by atoms with Crippen LogP contribution in [0.5, 0.6) is 5.75 Å². The highest BCUT2D eigenvalue weighted by Crippen LogP contribution is 2.12. The van der Waals surface area contributed by atoms with Crippen LogP contribution in [0.15, 0.2) is 24.3 Å². The van der Waals surface area contributed by atoms with Crippen LogP contribution >= 0.6 is 0 Å². The molecule has 0 atom stereocenters. The Balaban J connectivity index is 2.54. The van der Waals surface area contributed by atoms with Crippen LogP contribution in [0, 0.1) is 0 Å². The van der Waals surface area contributed by atoms with Gasteiger partial charge < -0.3 is 14.6 Å². The molecule has 0 saturated carbocycles. The molecule has 0 aromatic heterocycles. The maximum atomic E-state index is 10.9. The number of hydrogen-bond donors (Lipinski definition) is 1. The monoisotopic (exact) mass is 224 g/mol. The molecule has 0 unspecified atom stereocenters. The van der Waals surface area contributed by atoms with Gasteiger partial charge in [0.15, 0.2) is 6.61 Å². The van der Waals surface area contributed by atoms with Gasteiger partial charge in [-0.1, -0.05) is 12.1 Å². The molecule has 1 rings (SSSR count).